The standard InChI is InChI=1S/C24H18N4OS/c29-20(28-13-11-15-5-1-2-10-19(15)28)12-14-30-24-25-22-17-8-3-6-16-7-4-9-18(21(16)17)23(22)26-27-24/h1-10H,11-14H2. The van der Waals surface area contributed by atoms with Gasteiger partial charge in [0.25, 0.3) is 0 Å². The summed E-state index contributed by atoms with van der Waals surface area (Å²) in [6.07, 6.45) is 1.38. The molecule has 3 aromatic carbocycles. The molecule has 5 nitrogen and oxygen atoms in total. The highest BCUT2D eigenvalue weighted by Gasteiger charge is 2.26. The molecule has 0 fully saturated rings. The Labute approximate surface area is 178 Å². The first-order valence-electron chi connectivity index (χ1n) is 10.1. The summed E-state index contributed by atoms with van der Waals surface area (Å²) in [7, 11) is 0. The Hall–Kier alpha value is -3.25. The molecule has 30 heavy (non-hydrogen) atoms. The predicted octanol–water partition coefficient (Wildman–Crippen LogP) is 4.74. The summed E-state index contributed by atoms with van der Waals surface area (Å²) in [5.74, 6) is 0.786. The number of carbonyl (C=O) groups is 1. The van der Waals surface area contributed by atoms with Crippen molar-refractivity contribution in [3.05, 3.63) is 66.2 Å². The predicted molar refractivity (Wildman–Crippen MR) is 120 cm³/mol. The number of carbonyl (C=O) groups excluding carboxylic acids is 1. The van der Waals surface area contributed by atoms with Crippen LogP contribution in [0.25, 0.3) is 33.3 Å². The summed E-state index contributed by atoms with van der Waals surface area (Å²) in [6, 6.07) is 20.6. The number of anilines is 1. The Bertz CT molecular complexity index is 1310. The molecular weight excluding hydrogens is 392 g/mol. The van der Waals surface area contributed by atoms with Gasteiger partial charge in [-0.2, -0.15) is 0 Å². The van der Waals surface area contributed by atoms with Crippen LogP contribution in [0.5, 0.6) is 0 Å². The first-order valence-corrected chi connectivity index (χ1v) is 11.1. The van der Waals surface area contributed by atoms with Crippen molar-refractivity contribution in [1.29, 1.82) is 0 Å². The van der Waals surface area contributed by atoms with Gasteiger partial charge in [-0.3, -0.25) is 4.79 Å². The fourth-order valence-corrected chi connectivity index (χ4v) is 5.15. The molecule has 0 saturated carbocycles. The number of benzene rings is 3. The molecule has 4 aromatic rings. The monoisotopic (exact) mass is 410 g/mol. The van der Waals surface area contributed by atoms with Crippen molar-refractivity contribution in [2.24, 2.45) is 0 Å². The summed E-state index contributed by atoms with van der Waals surface area (Å²) < 4.78 is 0. The normalized spacial score (nSPS) is 13.5. The largest absolute Gasteiger partial charge is 0.312 e. The molecule has 1 aliphatic carbocycles. The van der Waals surface area contributed by atoms with Crippen molar-refractivity contribution < 1.29 is 4.79 Å². The fourth-order valence-electron chi connectivity index (χ4n) is 4.44. The van der Waals surface area contributed by atoms with Crippen LogP contribution in [-0.4, -0.2) is 33.4 Å². The number of hydrogen-bond donors (Lipinski definition) is 0. The Morgan fingerprint density at radius 3 is 2.60 bits per heavy atom. The lowest BCUT2D eigenvalue weighted by Crippen LogP contribution is -2.29. The molecule has 146 valence electrons. The zero-order valence-electron chi connectivity index (χ0n) is 16.2. The Morgan fingerprint density at radius 1 is 0.933 bits per heavy atom. The van der Waals surface area contributed by atoms with Crippen LogP contribution in [0.15, 0.2) is 65.8 Å². The highest BCUT2D eigenvalue weighted by Crippen LogP contribution is 2.44. The molecule has 0 unspecified atom stereocenters. The van der Waals surface area contributed by atoms with Crippen molar-refractivity contribution in [3.63, 3.8) is 0 Å². The van der Waals surface area contributed by atoms with Gasteiger partial charge in [0.05, 0.1) is 0 Å². The number of thioether (sulfide) groups is 1. The van der Waals surface area contributed by atoms with Gasteiger partial charge in [-0.15, -0.1) is 10.2 Å². The third-order valence-electron chi connectivity index (χ3n) is 5.82. The summed E-state index contributed by atoms with van der Waals surface area (Å²) in [6.45, 7) is 0.766. The van der Waals surface area contributed by atoms with E-state index in [1.807, 2.05) is 29.2 Å². The van der Waals surface area contributed by atoms with Crippen molar-refractivity contribution in [2.75, 3.05) is 17.2 Å². The first kappa shape index (κ1) is 17.6. The Morgan fingerprint density at radius 2 is 1.73 bits per heavy atom. The molecule has 6 rings (SSSR count). The molecule has 1 amide bonds. The van der Waals surface area contributed by atoms with Gasteiger partial charge in [0.1, 0.15) is 11.4 Å². The van der Waals surface area contributed by atoms with Crippen LogP contribution in [0.2, 0.25) is 0 Å². The molecule has 2 aliphatic rings. The maximum absolute atomic E-state index is 12.7. The number of nitrogens with zero attached hydrogens (tertiary/aromatic N) is 4. The molecule has 0 atom stereocenters. The van der Waals surface area contributed by atoms with Gasteiger partial charge in [-0.05, 0) is 23.4 Å². The van der Waals surface area contributed by atoms with Crippen LogP contribution in [-0.2, 0) is 11.2 Å². The number of amides is 1. The topological polar surface area (TPSA) is 59.0 Å². The lowest BCUT2D eigenvalue weighted by molar-refractivity contribution is -0.118. The SMILES string of the molecule is O=C(CCSc1nnc2c(n1)-c1cccc3cccc-2c13)N1CCc2ccccc21. The number of para-hydroxylation sites is 1. The van der Waals surface area contributed by atoms with Crippen LogP contribution in [0, 0.1) is 0 Å². The maximum atomic E-state index is 12.7. The smallest absolute Gasteiger partial charge is 0.227 e. The fraction of sp³-hybridized carbons (Fsp3) is 0.167. The lowest BCUT2D eigenvalue weighted by Gasteiger charge is -2.16. The molecule has 1 aliphatic heterocycles. The van der Waals surface area contributed by atoms with Gasteiger partial charge in [0, 0.05) is 40.9 Å². The number of rotatable bonds is 4. The molecule has 0 N–H and O–H groups in total. The number of aromatic nitrogens is 3. The van der Waals surface area contributed by atoms with Crippen LogP contribution in [0.4, 0.5) is 5.69 Å². The molecule has 0 spiro atoms. The maximum Gasteiger partial charge on any atom is 0.227 e. The molecule has 0 saturated heterocycles. The second-order valence-electron chi connectivity index (χ2n) is 7.52. The Kier molecular flexibility index (Phi) is 4.06. The third-order valence-corrected chi connectivity index (χ3v) is 6.66. The van der Waals surface area contributed by atoms with E-state index in [-0.39, 0.29) is 5.91 Å². The minimum Gasteiger partial charge on any atom is -0.312 e. The van der Waals surface area contributed by atoms with E-state index in [4.69, 9.17) is 4.98 Å². The summed E-state index contributed by atoms with van der Waals surface area (Å²) >= 11 is 1.49. The summed E-state index contributed by atoms with van der Waals surface area (Å²) in [5.41, 5.74) is 6.24. The zero-order valence-corrected chi connectivity index (χ0v) is 17.0. The molecule has 2 heterocycles. The van der Waals surface area contributed by atoms with Crippen LogP contribution in [0.3, 0.4) is 0 Å². The van der Waals surface area contributed by atoms with Crippen LogP contribution >= 0.6 is 11.8 Å². The van der Waals surface area contributed by atoms with Gasteiger partial charge in [-0.25, -0.2) is 4.98 Å². The van der Waals surface area contributed by atoms with Gasteiger partial charge in [0.2, 0.25) is 11.1 Å². The average molecular weight is 411 g/mol. The van der Waals surface area contributed by atoms with Crippen molar-refractivity contribution in [2.45, 2.75) is 18.0 Å². The molecular formula is C24H18N4OS. The average Bonchev–Trinajstić information content (AvgIpc) is 3.35. The lowest BCUT2D eigenvalue weighted by atomic mass is 10.0. The second kappa shape index (κ2) is 6.92. The molecule has 0 radical (unpaired) electrons. The van der Waals surface area contributed by atoms with E-state index >= 15 is 0 Å². The van der Waals surface area contributed by atoms with Crippen molar-refractivity contribution in [3.8, 4) is 22.5 Å². The minimum atomic E-state index is 0.152. The third kappa shape index (κ3) is 2.71. The van der Waals surface area contributed by atoms with Crippen molar-refractivity contribution >= 4 is 34.1 Å². The Balaban J connectivity index is 1.19. The minimum absolute atomic E-state index is 0.152. The van der Waals surface area contributed by atoms with Gasteiger partial charge < -0.3 is 4.90 Å². The van der Waals surface area contributed by atoms with Gasteiger partial charge in [-0.1, -0.05) is 66.4 Å². The van der Waals surface area contributed by atoms with Crippen LogP contribution < -0.4 is 4.90 Å². The van der Waals surface area contributed by atoms with Crippen molar-refractivity contribution in [1.82, 2.24) is 15.2 Å². The van der Waals surface area contributed by atoms with E-state index in [1.165, 1.54) is 28.1 Å². The van der Waals surface area contributed by atoms with Crippen LogP contribution in [0.1, 0.15) is 12.0 Å². The summed E-state index contributed by atoms with van der Waals surface area (Å²) in [4.78, 5) is 19.4. The summed E-state index contributed by atoms with van der Waals surface area (Å²) in [5, 5.41) is 11.8. The van der Waals surface area contributed by atoms with E-state index < -0.39 is 0 Å². The van der Waals surface area contributed by atoms with E-state index in [9.17, 15) is 4.79 Å². The van der Waals surface area contributed by atoms with E-state index in [2.05, 4.69) is 46.6 Å². The highest BCUT2D eigenvalue weighted by atomic mass is 32.2. The molecule has 0 bridgehead atoms. The van der Waals surface area contributed by atoms with E-state index in [0.717, 1.165) is 41.2 Å². The van der Waals surface area contributed by atoms with Gasteiger partial charge in [0.15, 0.2) is 0 Å². The quantitative estimate of drug-likeness (QED) is 0.401. The number of hydrogen-bond acceptors (Lipinski definition) is 5. The highest BCUT2D eigenvalue weighted by molar-refractivity contribution is 7.99. The molecule has 6 heteroatoms. The first-order chi connectivity index (χ1) is 14.8. The van der Waals surface area contributed by atoms with E-state index in [1.54, 1.807) is 0 Å². The van der Waals surface area contributed by atoms with E-state index in [0.29, 0.717) is 17.3 Å². The second-order valence-corrected chi connectivity index (χ2v) is 8.59. The zero-order chi connectivity index (χ0) is 20.1. The number of fused-ring (bicyclic) bond motifs is 4. The molecule has 1 aromatic heterocycles. The van der Waals surface area contributed by atoms with Gasteiger partial charge >= 0.3 is 0 Å².